The number of rotatable bonds is 9. The molecule has 0 radical (unpaired) electrons. The largest absolute Gasteiger partial charge is 0.346 e. The summed E-state index contributed by atoms with van der Waals surface area (Å²) in [6.07, 6.45) is 6.18. The van der Waals surface area contributed by atoms with Gasteiger partial charge in [-0.05, 0) is 110 Å². The smallest absolute Gasteiger partial charge is 0.255 e. The third-order valence-corrected chi connectivity index (χ3v) is 10.9. The Morgan fingerprint density at radius 3 is 2.45 bits per heavy atom. The molecule has 7 rings (SSSR count). The fraction of sp³-hybridized carbons (Fsp3) is 0.500. The quantitative estimate of drug-likeness (QED) is 0.189. The van der Waals surface area contributed by atoms with Crippen LogP contribution in [-0.4, -0.2) is 73.9 Å². The topological polar surface area (TPSA) is 108 Å². The lowest BCUT2D eigenvalue weighted by molar-refractivity contribution is -0.123. The number of pyridine rings is 2. The number of likely N-dealkylation sites (tertiary alicyclic amines) is 1. The minimum atomic E-state index is -2.72. The third-order valence-electron chi connectivity index (χ3n) is 10.9. The lowest BCUT2D eigenvalue weighted by Crippen LogP contribution is -2.64. The van der Waals surface area contributed by atoms with Crippen molar-refractivity contribution in [3.05, 3.63) is 59.4 Å². The first-order chi connectivity index (χ1) is 24.2. The molecule has 1 aromatic carbocycles. The summed E-state index contributed by atoms with van der Waals surface area (Å²) in [4.78, 5) is 45.7. The van der Waals surface area contributed by atoms with Crippen molar-refractivity contribution < 1.29 is 22.8 Å². The van der Waals surface area contributed by atoms with Gasteiger partial charge in [0.2, 0.25) is 5.91 Å². The van der Waals surface area contributed by atoms with E-state index in [9.17, 15) is 18.4 Å². The fourth-order valence-corrected chi connectivity index (χ4v) is 8.05. The van der Waals surface area contributed by atoms with Crippen LogP contribution in [0.3, 0.4) is 0 Å². The molecule has 3 aromatic heterocycles. The molecule has 10 nitrogen and oxygen atoms in total. The number of halogens is 3. The van der Waals surface area contributed by atoms with E-state index in [1.54, 1.807) is 19.4 Å². The molecule has 2 fully saturated rings. The van der Waals surface area contributed by atoms with E-state index >= 15 is 4.39 Å². The summed E-state index contributed by atoms with van der Waals surface area (Å²) in [6.45, 7) is 13.1. The van der Waals surface area contributed by atoms with Crippen molar-refractivity contribution in [1.29, 1.82) is 0 Å². The normalized spacial score (nSPS) is 21.7. The van der Waals surface area contributed by atoms with Crippen molar-refractivity contribution >= 4 is 40.0 Å². The van der Waals surface area contributed by atoms with Crippen molar-refractivity contribution in [2.75, 3.05) is 29.9 Å². The maximum absolute atomic E-state index is 15.5. The Labute approximate surface area is 295 Å². The highest BCUT2D eigenvalue weighted by Gasteiger charge is 2.54. The zero-order valence-electron chi connectivity index (χ0n) is 30.0. The number of benzene rings is 1. The van der Waals surface area contributed by atoms with Crippen molar-refractivity contribution in [1.82, 2.24) is 29.7 Å². The van der Waals surface area contributed by atoms with Gasteiger partial charge in [-0.3, -0.25) is 19.5 Å². The van der Waals surface area contributed by atoms with Crippen LogP contribution in [0.15, 0.2) is 36.8 Å². The van der Waals surface area contributed by atoms with E-state index in [-0.39, 0.29) is 34.8 Å². The molecule has 4 aromatic rings. The number of carbonyl (C=O) groups excluding carboxylic acids is 2. The standard InChI is InChI=1S/C38H45F3N8O2/c1-21(2)48-20-44-29-15-27(45-34(32(29)48)46-28-14-25(22(3)12-26(28)39)35(50)43-19-31(40)41)23-13-30-33(42-18-23)37(4,5)36(51)49(30)24-16-38(6,17-24)47-10-8-7-9-11-47/h12-15,18,20-21,24,31H,7-11,16-17,19H2,1-6H3,(H,43,50)(H,45,46). The average Bonchev–Trinajstić information content (AvgIpc) is 3.60. The van der Waals surface area contributed by atoms with Gasteiger partial charge in [-0.2, -0.15) is 0 Å². The monoisotopic (exact) mass is 702 g/mol. The van der Waals surface area contributed by atoms with Gasteiger partial charge < -0.3 is 20.1 Å². The predicted molar refractivity (Wildman–Crippen MR) is 191 cm³/mol. The first-order valence-electron chi connectivity index (χ1n) is 17.8. The molecule has 2 aliphatic heterocycles. The number of anilines is 3. The molecule has 2 N–H and O–H groups in total. The molecule has 5 heterocycles. The van der Waals surface area contributed by atoms with Gasteiger partial charge in [0.05, 0.1) is 46.6 Å². The van der Waals surface area contributed by atoms with Crippen LogP contribution in [0.5, 0.6) is 0 Å². The predicted octanol–water partition coefficient (Wildman–Crippen LogP) is 7.29. The van der Waals surface area contributed by atoms with Gasteiger partial charge in [-0.1, -0.05) is 6.42 Å². The Morgan fingerprint density at radius 1 is 1.04 bits per heavy atom. The molecular weight excluding hydrogens is 657 g/mol. The number of aromatic nitrogens is 4. The summed E-state index contributed by atoms with van der Waals surface area (Å²) in [6, 6.07) is 6.37. The Bertz CT molecular complexity index is 2010. The molecular formula is C38H45F3N8O2. The molecule has 1 aliphatic carbocycles. The molecule has 13 heteroatoms. The molecule has 270 valence electrons. The average molecular weight is 703 g/mol. The number of nitrogens with one attached hydrogen (secondary N) is 2. The minimum absolute atomic E-state index is 0.0108. The summed E-state index contributed by atoms with van der Waals surface area (Å²) in [5, 5.41) is 5.28. The lowest BCUT2D eigenvalue weighted by Gasteiger charge is -2.55. The number of hydrogen-bond donors (Lipinski definition) is 2. The maximum atomic E-state index is 15.5. The summed E-state index contributed by atoms with van der Waals surface area (Å²) < 4.78 is 43.0. The lowest BCUT2D eigenvalue weighted by atomic mass is 9.71. The molecule has 1 saturated carbocycles. The van der Waals surface area contributed by atoms with Crippen LogP contribution >= 0.6 is 0 Å². The van der Waals surface area contributed by atoms with Crippen LogP contribution in [-0.2, 0) is 10.2 Å². The second-order valence-corrected chi connectivity index (χ2v) is 15.3. The van der Waals surface area contributed by atoms with Gasteiger partial charge in [0.25, 0.3) is 12.3 Å². The van der Waals surface area contributed by atoms with E-state index < -0.39 is 30.1 Å². The first kappa shape index (κ1) is 34.9. The van der Waals surface area contributed by atoms with E-state index in [2.05, 4.69) is 27.4 Å². The molecule has 51 heavy (non-hydrogen) atoms. The Balaban J connectivity index is 1.26. The van der Waals surface area contributed by atoms with E-state index in [1.807, 2.05) is 49.3 Å². The SMILES string of the molecule is Cc1cc(F)c(Nc2nc(-c3cnc4c(c3)N(C3CC(C)(N5CCCCC5)C3)C(=O)C4(C)C)cc3ncn(C(C)C)c23)cc1C(=O)NCC(F)F. The van der Waals surface area contributed by atoms with Crippen LogP contribution < -0.4 is 15.5 Å². The molecule has 0 bridgehead atoms. The van der Waals surface area contributed by atoms with Gasteiger partial charge in [0, 0.05) is 34.9 Å². The van der Waals surface area contributed by atoms with Crippen LogP contribution in [0.1, 0.15) is 94.4 Å². The summed E-state index contributed by atoms with van der Waals surface area (Å²) in [5.41, 5.74) is 3.52. The number of hydrogen-bond acceptors (Lipinski definition) is 7. The third kappa shape index (κ3) is 6.13. The number of fused-ring (bicyclic) bond motifs is 2. The molecule has 2 amide bonds. The molecule has 1 saturated heterocycles. The van der Waals surface area contributed by atoms with Crippen molar-refractivity contribution in [2.24, 2.45) is 0 Å². The number of nitrogens with zero attached hydrogens (tertiary/aromatic N) is 6. The second-order valence-electron chi connectivity index (χ2n) is 15.3. The Kier molecular flexibility index (Phi) is 8.84. The van der Waals surface area contributed by atoms with Gasteiger partial charge in [0.1, 0.15) is 11.3 Å². The first-order valence-corrected chi connectivity index (χ1v) is 17.8. The van der Waals surface area contributed by atoms with Gasteiger partial charge in [-0.15, -0.1) is 0 Å². The molecule has 0 unspecified atom stereocenters. The number of piperidine rings is 1. The number of amides is 2. The number of aryl methyl sites for hydroxylation is 1. The van der Waals surface area contributed by atoms with Crippen molar-refractivity contribution in [3.8, 4) is 11.3 Å². The van der Waals surface area contributed by atoms with Crippen LogP contribution in [0.2, 0.25) is 0 Å². The number of carbonyl (C=O) groups is 2. The van der Waals surface area contributed by atoms with Crippen molar-refractivity contribution in [3.63, 3.8) is 0 Å². The zero-order chi connectivity index (χ0) is 36.4. The summed E-state index contributed by atoms with van der Waals surface area (Å²) in [5.74, 6) is -1.04. The van der Waals surface area contributed by atoms with E-state index in [4.69, 9.17) is 9.97 Å². The zero-order valence-corrected chi connectivity index (χ0v) is 30.0. The second kappa shape index (κ2) is 12.9. The van der Waals surface area contributed by atoms with Gasteiger partial charge >= 0.3 is 0 Å². The summed E-state index contributed by atoms with van der Waals surface area (Å²) in [7, 11) is 0. The van der Waals surface area contributed by atoms with Crippen LogP contribution in [0.25, 0.3) is 22.3 Å². The molecule has 0 atom stereocenters. The summed E-state index contributed by atoms with van der Waals surface area (Å²) >= 11 is 0. The molecule has 3 aliphatic rings. The van der Waals surface area contributed by atoms with E-state index in [1.165, 1.54) is 31.4 Å². The van der Waals surface area contributed by atoms with Crippen molar-refractivity contribution in [2.45, 2.75) is 103 Å². The highest BCUT2D eigenvalue weighted by atomic mass is 19.3. The molecule has 0 spiro atoms. The number of imidazole rings is 1. The highest BCUT2D eigenvalue weighted by molar-refractivity contribution is 6.08. The Morgan fingerprint density at radius 2 is 1.76 bits per heavy atom. The van der Waals surface area contributed by atoms with Gasteiger partial charge in [0.15, 0.2) is 5.82 Å². The van der Waals surface area contributed by atoms with E-state index in [0.29, 0.717) is 33.7 Å². The van der Waals surface area contributed by atoms with E-state index in [0.717, 1.165) is 37.3 Å². The number of alkyl halides is 2. The van der Waals surface area contributed by atoms with Crippen LogP contribution in [0, 0.1) is 12.7 Å². The minimum Gasteiger partial charge on any atom is -0.346 e. The van der Waals surface area contributed by atoms with Crippen LogP contribution in [0.4, 0.5) is 30.4 Å². The van der Waals surface area contributed by atoms with Gasteiger partial charge in [-0.25, -0.2) is 23.1 Å². The Hall–Kier alpha value is -4.52. The maximum Gasteiger partial charge on any atom is 0.255 e. The fourth-order valence-electron chi connectivity index (χ4n) is 8.05. The highest BCUT2D eigenvalue weighted by Crippen LogP contribution is 2.50.